The minimum atomic E-state index is -0.954. The number of aliphatic hydroxyl groups is 3. The molecule has 0 amide bonds. The van der Waals surface area contributed by atoms with E-state index in [1.54, 1.807) is 0 Å². The van der Waals surface area contributed by atoms with Crippen LogP contribution in [0.1, 0.15) is 92.4 Å². The highest BCUT2D eigenvalue weighted by Crippen LogP contribution is 2.75. The van der Waals surface area contributed by atoms with Crippen LogP contribution in [0.15, 0.2) is 11.6 Å². The number of fused-ring (bicyclic) bond motifs is 7. The van der Waals surface area contributed by atoms with Gasteiger partial charge in [0.2, 0.25) is 0 Å². The molecule has 0 spiro atoms. The van der Waals surface area contributed by atoms with Gasteiger partial charge in [0, 0.05) is 5.41 Å². The molecule has 38 heavy (non-hydrogen) atoms. The molecule has 0 saturated heterocycles. The van der Waals surface area contributed by atoms with Crippen molar-refractivity contribution in [3.8, 4) is 0 Å². The molecule has 5 aliphatic carbocycles. The third kappa shape index (κ3) is 3.24. The second kappa shape index (κ2) is 8.53. The van der Waals surface area contributed by atoms with Crippen LogP contribution in [0, 0.1) is 50.2 Å². The van der Waals surface area contributed by atoms with Gasteiger partial charge in [-0.1, -0.05) is 39.3 Å². The Hall–Kier alpha value is -1.44. The zero-order chi connectivity index (χ0) is 28.1. The number of carboxylic acids is 1. The molecule has 0 bridgehead atoms. The lowest BCUT2D eigenvalue weighted by Gasteiger charge is -2.71. The maximum Gasteiger partial charge on any atom is 0.311 e. The minimum Gasteiger partial charge on any atom is -0.481 e. The fourth-order valence-corrected chi connectivity index (χ4v) is 11.0. The van der Waals surface area contributed by atoms with Crippen LogP contribution in [-0.2, 0) is 14.3 Å². The molecular weight excluding hydrogens is 484 g/mol. The summed E-state index contributed by atoms with van der Waals surface area (Å²) in [6, 6.07) is 0. The average Bonchev–Trinajstić information content (AvgIpc) is 2.87. The number of allylic oxidation sites excluding steroid dienone is 2. The second-order valence-electron chi connectivity index (χ2n) is 14.9. The Kier molecular flexibility index (Phi) is 6.31. The summed E-state index contributed by atoms with van der Waals surface area (Å²) < 4.78 is 5.18. The summed E-state index contributed by atoms with van der Waals surface area (Å²) >= 11 is 0. The van der Waals surface area contributed by atoms with E-state index in [0.717, 1.165) is 25.7 Å². The Morgan fingerprint density at radius 3 is 2.24 bits per heavy atom. The molecule has 7 nitrogen and oxygen atoms in total. The van der Waals surface area contributed by atoms with Crippen LogP contribution in [0.4, 0.5) is 0 Å². The van der Waals surface area contributed by atoms with E-state index in [2.05, 4.69) is 26.8 Å². The maximum atomic E-state index is 12.9. The van der Waals surface area contributed by atoms with E-state index in [1.165, 1.54) is 12.7 Å². The number of aliphatic hydroxyl groups excluding tert-OH is 3. The predicted octanol–water partition coefficient (Wildman–Crippen LogP) is 4.33. The Morgan fingerprint density at radius 1 is 0.974 bits per heavy atom. The van der Waals surface area contributed by atoms with E-state index < -0.39 is 34.4 Å². The number of ether oxygens (including phenoxy) is 1. The zero-order valence-electron chi connectivity index (χ0n) is 24.0. The van der Waals surface area contributed by atoms with E-state index in [1.807, 2.05) is 13.8 Å². The van der Waals surface area contributed by atoms with E-state index in [0.29, 0.717) is 32.1 Å². The van der Waals surface area contributed by atoms with E-state index in [4.69, 9.17) is 4.74 Å². The van der Waals surface area contributed by atoms with E-state index in [-0.39, 0.29) is 46.6 Å². The zero-order valence-corrected chi connectivity index (χ0v) is 24.0. The molecule has 214 valence electrons. The van der Waals surface area contributed by atoms with Crippen molar-refractivity contribution in [2.24, 2.45) is 50.2 Å². The van der Waals surface area contributed by atoms with Crippen molar-refractivity contribution >= 4 is 11.9 Å². The summed E-state index contributed by atoms with van der Waals surface area (Å²) in [5.41, 5.74) is -1.76. The number of methoxy groups -OCH3 is 1. The molecule has 0 aromatic carbocycles. The smallest absolute Gasteiger partial charge is 0.311 e. The van der Waals surface area contributed by atoms with Gasteiger partial charge in [0.15, 0.2) is 0 Å². The molecule has 0 aromatic heterocycles. The van der Waals surface area contributed by atoms with Gasteiger partial charge in [0.05, 0.1) is 36.8 Å². The first-order chi connectivity index (χ1) is 17.6. The number of hydrogen-bond acceptors (Lipinski definition) is 6. The molecule has 4 saturated carbocycles. The average molecular weight is 533 g/mol. The molecular formula is C31H48O7. The largest absolute Gasteiger partial charge is 0.481 e. The van der Waals surface area contributed by atoms with Crippen molar-refractivity contribution in [3.05, 3.63) is 11.6 Å². The third-order valence-corrected chi connectivity index (χ3v) is 13.6. The normalized spacial score (nSPS) is 53.9. The molecule has 4 N–H and O–H groups in total. The third-order valence-electron chi connectivity index (χ3n) is 13.6. The molecule has 4 fully saturated rings. The number of hydrogen-bond donors (Lipinski definition) is 4. The summed E-state index contributed by atoms with van der Waals surface area (Å²) in [5, 5.41) is 43.0. The van der Waals surface area contributed by atoms with Crippen molar-refractivity contribution < 1.29 is 34.8 Å². The molecule has 11 unspecified atom stereocenters. The second-order valence-corrected chi connectivity index (χ2v) is 14.9. The number of esters is 1. The van der Waals surface area contributed by atoms with Gasteiger partial charge in [0.1, 0.15) is 0 Å². The first-order valence-corrected chi connectivity index (χ1v) is 14.6. The fraction of sp³-hybridized carbons (Fsp3) is 0.871. The number of aliphatic carboxylic acids is 1. The van der Waals surface area contributed by atoms with Crippen LogP contribution in [-0.4, -0.2) is 58.3 Å². The number of carbonyl (C=O) groups is 2. The summed E-state index contributed by atoms with van der Waals surface area (Å²) in [7, 11) is 1.41. The van der Waals surface area contributed by atoms with Gasteiger partial charge in [-0.15, -0.1) is 0 Å². The molecule has 0 radical (unpaired) electrons. The SMILES string of the molecule is COC(=O)C1(C)CCC2(C(=O)O)CCC3(C)C(=CCC4C5(C)CC(O)C(O)C(C)(CO)C5CCC43C)C2C1. The topological polar surface area (TPSA) is 124 Å². The lowest BCUT2D eigenvalue weighted by molar-refractivity contribution is -0.243. The molecule has 7 heteroatoms. The van der Waals surface area contributed by atoms with Gasteiger partial charge in [-0.3, -0.25) is 9.59 Å². The molecule has 0 aromatic rings. The van der Waals surface area contributed by atoms with Gasteiger partial charge in [-0.25, -0.2) is 0 Å². The van der Waals surface area contributed by atoms with Gasteiger partial charge >= 0.3 is 11.9 Å². The van der Waals surface area contributed by atoms with Gasteiger partial charge in [-0.2, -0.15) is 0 Å². The van der Waals surface area contributed by atoms with Crippen LogP contribution >= 0.6 is 0 Å². The number of carboxylic acid groups (broad SMARTS) is 1. The number of rotatable bonds is 3. The highest BCUT2D eigenvalue weighted by atomic mass is 16.5. The van der Waals surface area contributed by atoms with E-state index in [9.17, 15) is 30.0 Å². The van der Waals surface area contributed by atoms with Crippen LogP contribution in [0.3, 0.4) is 0 Å². The molecule has 5 aliphatic rings. The van der Waals surface area contributed by atoms with Crippen LogP contribution < -0.4 is 0 Å². The van der Waals surface area contributed by atoms with Crippen LogP contribution in [0.25, 0.3) is 0 Å². The predicted molar refractivity (Wildman–Crippen MR) is 142 cm³/mol. The van der Waals surface area contributed by atoms with E-state index >= 15 is 0 Å². The van der Waals surface area contributed by atoms with Crippen molar-refractivity contribution in [3.63, 3.8) is 0 Å². The lowest BCUT2D eigenvalue weighted by atomic mass is 9.33. The van der Waals surface area contributed by atoms with Crippen molar-refractivity contribution in [1.82, 2.24) is 0 Å². The summed E-state index contributed by atoms with van der Waals surface area (Å²) in [6.45, 7) is 10.6. The molecule has 0 heterocycles. The van der Waals surface area contributed by atoms with Gasteiger partial charge < -0.3 is 25.2 Å². The first kappa shape index (κ1) is 28.1. The summed E-state index contributed by atoms with van der Waals surface area (Å²) in [6.07, 6.45) is 6.37. The monoisotopic (exact) mass is 532 g/mol. The quantitative estimate of drug-likeness (QED) is 0.315. The summed E-state index contributed by atoms with van der Waals surface area (Å²) in [4.78, 5) is 25.8. The first-order valence-electron chi connectivity index (χ1n) is 14.6. The maximum absolute atomic E-state index is 12.9. The Morgan fingerprint density at radius 2 is 1.63 bits per heavy atom. The van der Waals surface area contributed by atoms with Gasteiger partial charge in [-0.05, 0) is 98.7 Å². The van der Waals surface area contributed by atoms with Crippen molar-refractivity contribution in [1.29, 1.82) is 0 Å². The van der Waals surface area contributed by atoms with Gasteiger partial charge in [0.25, 0.3) is 0 Å². The Balaban J connectivity index is 1.61. The highest BCUT2D eigenvalue weighted by molar-refractivity contribution is 5.80. The Labute approximate surface area is 227 Å². The molecule has 11 atom stereocenters. The highest BCUT2D eigenvalue weighted by Gasteiger charge is 2.71. The lowest BCUT2D eigenvalue weighted by Crippen LogP contribution is -2.68. The Bertz CT molecular complexity index is 1050. The minimum absolute atomic E-state index is 0.0778. The van der Waals surface area contributed by atoms with Crippen LogP contribution in [0.5, 0.6) is 0 Å². The fourth-order valence-electron chi connectivity index (χ4n) is 11.0. The number of carbonyl (C=O) groups excluding carboxylic acids is 1. The molecule has 5 rings (SSSR count). The van der Waals surface area contributed by atoms with Crippen LogP contribution in [0.2, 0.25) is 0 Å². The standard InChI is InChI=1S/C31H48O7/c1-26(25(37)38-6)11-13-31(24(35)36)14-12-29(4)18(19(31)15-26)7-8-22-27(2)16-20(33)23(34)28(3,17-32)21(27)9-10-30(22,29)5/h7,19-23,32-34H,8-17H2,1-6H3,(H,35,36). The summed E-state index contributed by atoms with van der Waals surface area (Å²) in [5.74, 6) is -0.919. The molecule has 0 aliphatic heterocycles. The van der Waals surface area contributed by atoms with Crippen molar-refractivity contribution in [2.45, 2.75) is 105 Å². The van der Waals surface area contributed by atoms with Crippen molar-refractivity contribution in [2.75, 3.05) is 13.7 Å².